The molecule has 0 fully saturated rings. The standard InChI is InChI=1S/C10H9BrN2.3CH3.Sn/c1-12-5-6-13(8-12)10-4-2-3-9(11)7-10;;;;/h3-8H,1H3;3*1H3;/q+1;;;;. The Bertz CT molecular complexity index is 541. The molecule has 0 amide bonds. The summed E-state index contributed by atoms with van der Waals surface area (Å²) in [4.78, 5) is 7.32. The molecule has 0 aliphatic carbocycles. The van der Waals surface area contributed by atoms with Crippen molar-refractivity contribution in [1.29, 1.82) is 0 Å². The zero-order valence-corrected chi connectivity index (χ0v) is 15.2. The maximum absolute atomic E-state index is 3.62. The normalized spacial score (nSPS) is 11.8. The van der Waals surface area contributed by atoms with Crippen LogP contribution >= 0.6 is 15.9 Å². The number of nitrogens with zero attached hydrogens (tertiary/aromatic N) is 2. The van der Waals surface area contributed by atoms with Gasteiger partial charge in [0.15, 0.2) is 0 Å². The number of aromatic nitrogens is 2. The van der Waals surface area contributed by atoms with Crippen LogP contribution < -0.4 is 8.15 Å². The predicted octanol–water partition coefficient (Wildman–Crippen LogP) is 2.61. The van der Waals surface area contributed by atoms with Crippen molar-refractivity contribution in [3.05, 3.63) is 41.4 Å². The Hall–Kier alpha value is -0.291. The molecule has 0 aliphatic heterocycles. The first-order valence-corrected chi connectivity index (χ1v) is 16.5. The van der Waals surface area contributed by atoms with Gasteiger partial charge in [0.1, 0.15) is 0 Å². The van der Waals surface area contributed by atoms with Crippen molar-refractivity contribution in [2.45, 2.75) is 14.8 Å². The molecule has 2 aromatic rings. The molecular weight excluding hydrogens is 383 g/mol. The first-order chi connectivity index (χ1) is 7.86. The van der Waals surface area contributed by atoms with Crippen molar-refractivity contribution in [3.8, 4) is 5.69 Å². The molecule has 90 valence electrons. The van der Waals surface area contributed by atoms with Crippen LogP contribution in [0.2, 0.25) is 14.8 Å². The summed E-state index contributed by atoms with van der Waals surface area (Å²) in [5.41, 5.74) is 1.24. The fourth-order valence-corrected chi connectivity index (χ4v) is 6.18. The molecule has 1 aromatic carbocycles. The van der Waals surface area contributed by atoms with E-state index in [2.05, 4.69) is 76.8 Å². The third kappa shape index (κ3) is 3.13. The fraction of sp³-hybridized carbons (Fsp3) is 0.308. The van der Waals surface area contributed by atoms with E-state index in [0.717, 1.165) is 0 Å². The van der Waals surface area contributed by atoms with Gasteiger partial charge >= 0.3 is 116 Å². The molecular formula is C13H18BrN2Sn+. The van der Waals surface area contributed by atoms with Gasteiger partial charge in [0.2, 0.25) is 0 Å². The number of hydrogen-bond donors (Lipinski definition) is 0. The average Bonchev–Trinajstić information content (AvgIpc) is 2.62. The predicted molar refractivity (Wildman–Crippen MR) is 77.6 cm³/mol. The molecule has 0 spiro atoms. The summed E-state index contributed by atoms with van der Waals surface area (Å²) in [6.45, 7) is 0. The van der Waals surface area contributed by atoms with Crippen molar-refractivity contribution in [1.82, 2.24) is 4.57 Å². The number of imidazole rings is 1. The topological polar surface area (TPSA) is 8.81 Å². The van der Waals surface area contributed by atoms with Crippen LogP contribution in [-0.2, 0) is 7.05 Å². The Kier molecular flexibility index (Phi) is 3.68. The summed E-state index contributed by atoms with van der Waals surface area (Å²) in [5, 5.41) is 0. The van der Waals surface area contributed by atoms with Crippen LogP contribution in [0.4, 0.5) is 0 Å². The number of hydrogen-bond acceptors (Lipinski definition) is 0. The summed E-state index contributed by atoms with van der Waals surface area (Å²) in [5.74, 6) is 0. The minimum atomic E-state index is -2.01. The fourth-order valence-electron chi connectivity index (χ4n) is 1.76. The minimum absolute atomic E-state index is 1.17. The number of rotatable bonds is 2. The first kappa shape index (κ1) is 13.1. The second-order valence-corrected chi connectivity index (χ2v) is 20.8. The number of halogens is 1. The molecule has 0 saturated carbocycles. The van der Waals surface area contributed by atoms with E-state index in [9.17, 15) is 0 Å². The molecule has 2 nitrogen and oxygen atoms in total. The van der Waals surface area contributed by atoms with Crippen LogP contribution in [0.25, 0.3) is 5.69 Å². The van der Waals surface area contributed by atoms with Crippen LogP contribution in [0.5, 0.6) is 0 Å². The van der Waals surface area contributed by atoms with E-state index >= 15 is 0 Å². The first-order valence-electron chi connectivity index (χ1n) is 5.71. The Labute approximate surface area is 115 Å². The molecule has 17 heavy (non-hydrogen) atoms. The third-order valence-electron chi connectivity index (χ3n) is 2.82. The Balaban J connectivity index is 2.52. The molecule has 0 saturated heterocycles. The summed E-state index contributed by atoms with van der Waals surface area (Å²) in [7, 11) is 2.04. The van der Waals surface area contributed by atoms with Gasteiger partial charge in [-0.1, -0.05) is 0 Å². The molecule has 1 heterocycles. The van der Waals surface area contributed by atoms with E-state index < -0.39 is 18.4 Å². The van der Waals surface area contributed by atoms with Gasteiger partial charge in [-0.25, -0.2) is 0 Å². The molecule has 0 unspecified atom stereocenters. The van der Waals surface area contributed by atoms with E-state index in [1.165, 1.54) is 10.2 Å². The summed E-state index contributed by atoms with van der Waals surface area (Å²) in [6, 6.07) is 6.78. The molecule has 0 aliphatic rings. The van der Waals surface area contributed by atoms with Crippen molar-refractivity contribution >= 4 is 37.9 Å². The monoisotopic (exact) mass is 401 g/mol. The van der Waals surface area contributed by atoms with E-state index in [0.29, 0.717) is 0 Å². The van der Waals surface area contributed by atoms with Crippen molar-refractivity contribution < 1.29 is 4.57 Å². The molecule has 2 rings (SSSR count). The van der Waals surface area contributed by atoms with Gasteiger partial charge in [0, 0.05) is 0 Å². The van der Waals surface area contributed by atoms with Crippen LogP contribution in [0.3, 0.4) is 0 Å². The Morgan fingerprint density at radius 1 is 1.18 bits per heavy atom. The molecule has 0 atom stereocenters. The van der Waals surface area contributed by atoms with Gasteiger partial charge in [0.05, 0.1) is 0 Å². The molecule has 4 heteroatoms. The van der Waals surface area contributed by atoms with Crippen LogP contribution in [0.15, 0.2) is 41.4 Å². The summed E-state index contributed by atoms with van der Waals surface area (Å²) in [6.07, 6.45) is 6.23. The quantitative estimate of drug-likeness (QED) is 0.541. The Morgan fingerprint density at radius 2 is 1.88 bits per heavy atom. The number of aryl methyl sites for hydroxylation is 1. The summed E-state index contributed by atoms with van der Waals surface area (Å²) >= 11 is 1.62. The van der Waals surface area contributed by atoms with E-state index in [1.54, 1.807) is 3.58 Å². The van der Waals surface area contributed by atoms with E-state index in [1.807, 2.05) is 7.05 Å². The van der Waals surface area contributed by atoms with Gasteiger partial charge in [-0.05, 0) is 0 Å². The Morgan fingerprint density at radius 3 is 2.41 bits per heavy atom. The van der Waals surface area contributed by atoms with Crippen LogP contribution in [0, 0.1) is 0 Å². The second kappa shape index (κ2) is 4.76. The van der Waals surface area contributed by atoms with Gasteiger partial charge in [-0.15, -0.1) is 0 Å². The van der Waals surface area contributed by atoms with Crippen molar-refractivity contribution in [3.63, 3.8) is 0 Å². The molecule has 0 radical (unpaired) electrons. The van der Waals surface area contributed by atoms with Crippen molar-refractivity contribution in [2.24, 2.45) is 7.05 Å². The summed E-state index contributed by atoms with van der Waals surface area (Å²) < 4.78 is 6.93. The number of benzene rings is 1. The van der Waals surface area contributed by atoms with Gasteiger partial charge < -0.3 is 0 Å². The zero-order valence-electron chi connectivity index (χ0n) is 10.7. The van der Waals surface area contributed by atoms with Gasteiger partial charge in [-0.3, -0.25) is 0 Å². The molecule has 1 aromatic heterocycles. The molecule has 0 bridgehead atoms. The third-order valence-corrected chi connectivity index (χ3v) is 9.04. The molecule has 0 N–H and O–H groups in total. The van der Waals surface area contributed by atoms with Crippen molar-refractivity contribution in [2.75, 3.05) is 0 Å². The SMILES string of the molecule is C[n+]1ccn(-c2cc(Br)c[c]([Sn]([CH3])([CH3])[CH3])c2)c1. The van der Waals surface area contributed by atoms with Gasteiger partial charge in [-0.2, -0.15) is 0 Å². The van der Waals surface area contributed by atoms with Crippen LogP contribution in [0.1, 0.15) is 0 Å². The van der Waals surface area contributed by atoms with E-state index in [4.69, 9.17) is 0 Å². The van der Waals surface area contributed by atoms with Gasteiger partial charge in [0.25, 0.3) is 0 Å². The maximum atomic E-state index is 3.62. The average molecular weight is 401 g/mol. The zero-order chi connectivity index (χ0) is 12.6. The van der Waals surface area contributed by atoms with Crippen LogP contribution in [-0.4, -0.2) is 22.9 Å². The van der Waals surface area contributed by atoms with E-state index in [-0.39, 0.29) is 0 Å². The second-order valence-electron chi connectivity index (χ2n) is 5.43.